The minimum Gasteiger partial charge on any atom is -0.462 e. The lowest BCUT2D eigenvalue weighted by Crippen LogP contribution is -2.64. The molecule has 0 radical (unpaired) electrons. The second-order valence-corrected chi connectivity index (χ2v) is 16.6. The molecule has 6 N–H and O–H groups in total. The fourth-order valence-corrected chi connectivity index (χ4v) is 7.09. The Balaban J connectivity index is 2.52. The van der Waals surface area contributed by atoms with Crippen molar-refractivity contribution in [1.82, 2.24) is 0 Å². The molecule has 0 aromatic rings. The second-order valence-electron chi connectivity index (χ2n) is 15.2. The molecule has 13 nitrogen and oxygen atoms in total. The lowest BCUT2D eigenvalue weighted by Gasteiger charge is -2.41. The first-order valence-corrected chi connectivity index (χ1v) is 23.7. The van der Waals surface area contributed by atoms with Crippen LogP contribution in [-0.4, -0.2) is 98.3 Å². The van der Waals surface area contributed by atoms with Crippen LogP contribution in [0.25, 0.3) is 0 Å². The van der Waals surface area contributed by atoms with E-state index in [1.54, 1.807) is 0 Å². The van der Waals surface area contributed by atoms with Crippen LogP contribution in [0.3, 0.4) is 0 Å². The van der Waals surface area contributed by atoms with Crippen molar-refractivity contribution in [2.45, 2.75) is 191 Å². The highest BCUT2D eigenvalue weighted by Crippen LogP contribution is 2.47. The van der Waals surface area contributed by atoms with Crippen molar-refractivity contribution in [2.75, 3.05) is 13.2 Å². The molecule has 0 aromatic carbocycles. The van der Waals surface area contributed by atoms with E-state index in [-0.39, 0.29) is 12.8 Å². The molecule has 344 valence electrons. The van der Waals surface area contributed by atoms with Gasteiger partial charge < -0.3 is 39.9 Å². The van der Waals surface area contributed by atoms with Gasteiger partial charge in [-0.25, -0.2) is 4.57 Å². The third kappa shape index (κ3) is 28.0. The maximum absolute atomic E-state index is 12.8. The van der Waals surface area contributed by atoms with Crippen LogP contribution in [0.15, 0.2) is 72.9 Å². The van der Waals surface area contributed by atoms with E-state index >= 15 is 0 Å². The van der Waals surface area contributed by atoms with Gasteiger partial charge in [-0.3, -0.25) is 18.6 Å². The molecule has 1 saturated carbocycles. The Kier molecular flexibility index (Phi) is 33.0. The number of aliphatic hydroxyl groups excluding tert-OH is 5. The zero-order valence-corrected chi connectivity index (χ0v) is 37.1. The Labute approximate surface area is 359 Å². The SMILES string of the molecule is CCC/C=C/C/C=C/C/C=C/C/C=C/CCCCCC(=O)OC[C@@H](COP(=O)(O)OC1C(O)C(O)C(O)[C@H](O)C1O)OC(=O)CCCCCCC/C=C/C/C=C/CCCC. The van der Waals surface area contributed by atoms with Crippen molar-refractivity contribution < 1.29 is 63.1 Å². The van der Waals surface area contributed by atoms with Crippen LogP contribution in [0.2, 0.25) is 0 Å². The summed E-state index contributed by atoms with van der Waals surface area (Å²) in [5.74, 6) is -1.16. The smallest absolute Gasteiger partial charge is 0.462 e. The second kappa shape index (κ2) is 35.8. The molecule has 0 aromatic heterocycles. The molecule has 0 bridgehead atoms. The van der Waals surface area contributed by atoms with Crippen molar-refractivity contribution in [3.8, 4) is 0 Å². The van der Waals surface area contributed by atoms with Crippen LogP contribution in [0.4, 0.5) is 0 Å². The standard InChI is InChI=1S/C46H77O13P/c1-3-5-7-9-11-13-15-17-19-20-21-23-24-26-28-30-32-34-39(47)56-36-38(37-57-60(54,55)59-46-44(52)42(50)41(49)43(51)45(46)53)58-40(48)35-33-31-29-27-25-22-18-16-14-12-10-8-6-4-2/h7,9-10,12-13,15-16,18-20,23-24,38,41-46,49-53H,3-6,8,11,14,17,21-22,25-37H2,1-2H3,(H,54,55)/b9-7+,12-10+,15-13+,18-16+,20-19+,24-23+/t38-,41?,42-,43?,44?,45?,46?/m0/s1. The molecule has 14 heteroatoms. The Morgan fingerprint density at radius 3 is 1.45 bits per heavy atom. The predicted octanol–water partition coefficient (Wildman–Crippen LogP) is 8.33. The van der Waals surface area contributed by atoms with Crippen LogP contribution in [0, 0.1) is 0 Å². The minimum atomic E-state index is -5.13. The Bertz CT molecular complexity index is 1330. The summed E-state index contributed by atoms with van der Waals surface area (Å²) in [4.78, 5) is 35.6. The number of hydrogen-bond donors (Lipinski definition) is 6. The van der Waals surface area contributed by atoms with Gasteiger partial charge in [0.05, 0.1) is 6.61 Å². The molecule has 6 unspecified atom stereocenters. The predicted molar refractivity (Wildman–Crippen MR) is 235 cm³/mol. The van der Waals surface area contributed by atoms with Crippen LogP contribution in [0.1, 0.15) is 149 Å². The van der Waals surface area contributed by atoms with E-state index in [0.717, 1.165) is 89.9 Å². The average molecular weight is 869 g/mol. The molecule has 0 aliphatic heterocycles. The van der Waals surface area contributed by atoms with Crippen LogP contribution >= 0.6 is 7.82 Å². The quantitative estimate of drug-likeness (QED) is 0.0153. The topological polar surface area (TPSA) is 210 Å². The average Bonchev–Trinajstić information content (AvgIpc) is 3.23. The van der Waals surface area contributed by atoms with E-state index in [0.29, 0.717) is 12.8 Å². The Hall–Kier alpha value is -2.71. The first-order chi connectivity index (χ1) is 28.9. The number of rotatable bonds is 35. The summed E-state index contributed by atoms with van der Waals surface area (Å²) in [6.07, 6.45) is 31.0. The normalized spacial score (nSPS) is 22.9. The molecular weight excluding hydrogens is 791 g/mol. The fourth-order valence-electron chi connectivity index (χ4n) is 6.12. The zero-order chi connectivity index (χ0) is 44.3. The molecule has 1 fully saturated rings. The van der Waals surface area contributed by atoms with Crippen molar-refractivity contribution in [3.05, 3.63) is 72.9 Å². The highest BCUT2D eigenvalue weighted by atomic mass is 31.2. The maximum Gasteiger partial charge on any atom is 0.472 e. The number of allylic oxidation sites excluding steroid dienone is 12. The Morgan fingerprint density at radius 2 is 0.933 bits per heavy atom. The molecular formula is C46H77O13P. The number of phosphoric ester groups is 1. The summed E-state index contributed by atoms with van der Waals surface area (Å²) in [6.45, 7) is 3.13. The van der Waals surface area contributed by atoms with Crippen molar-refractivity contribution in [3.63, 3.8) is 0 Å². The van der Waals surface area contributed by atoms with Gasteiger partial charge in [-0.05, 0) is 77.0 Å². The van der Waals surface area contributed by atoms with E-state index in [1.807, 2.05) is 0 Å². The van der Waals surface area contributed by atoms with Crippen LogP contribution in [0.5, 0.6) is 0 Å². The lowest BCUT2D eigenvalue weighted by atomic mass is 9.85. The summed E-state index contributed by atoms with van der Waals surface area (Å²) in [5, 5.41) is 50.1. The number of carbonyl (C=O) groups is 2. The van der Waals surface area contributed by atoms with Gasteiger partial charge >= 0.3 is 19.8 Å². The van der Waals surface area contributed by atoms with Gasteiger partial charge in [-0.15, -0.1) is 0 Å². The monoisotopic (exact) mass is 869 g/mol. The Morgan fingerprint density at radius 1 is 0.517 bits per heavy atom. The maximum atomic E-state index is 12.8. The van der Waals surface area contributed by atoms with E-state index in [9.17, 15) is 44.6 Å². The summed E-state index contributed by atoms with van der Waals surface area (Å²) < 4.78 is 33.4. The highest BCUT2D eigenvalue weighted by molar-refractivity contribution is 7.47. The largest absolute Gasteiger partial charge is 0.472 e. The van der Waals surface area contributed by atoms with Gasteiger partial charge in [0.2, 0.25) is 0 Å². The van der Waals surface area contributed by atoms with E-state index in [4.69, 9.17) is 18.5 Å². The molecule has 1 aliphatic carbocycles. The summed E-state index contributed by atoms with van der Waals surface area (Å²) in [7, 11) is -5.13. The first-order valence-electron chi connectivity index (χ1n) is 22.2. The number of unbranched alkanes of at least 4 members (excludes halogenated alkanes) is 11. The van der Waals surface area contributed by atoms with Gasteiger partial charge in [0, 0.05) is 12.8 Å². The molecule has 0 amide bonds. The highest BCUT2D eigenvalue weighted by Gasteiger charge is 2.51. The third-order valence-electron chi connectivity index (χ3n) is 9.75. The first kappa shape index (κ1) is 55.3. The molecule has 0 heterocycles. The number of ether oxygens (including phenoxy) is 2. The van der Waals surface area contributed by atoms with Crippen molar-refractivity contribution in [1.29, 1.82) is 0 Å². The molecule has 1 aliphatic rings. The molecule has 0 saturated heterocycles. The molecule has 0 spiro atoms. The van der Waals surface area contributed by atoms with E-state index in [1.165, 1.54) is 19.3 Å². The molecule has 60 heavy (non-hydrogen) atoms. The van der Waals surface area contributed by atoms with Gasteiger partial charge in [-0.1, -0.05) is 132 Å². The zero-order valence-electron chi connectivity index (χ0n) is 36.2. The van der Waals surface area contributed by atoms with Crippen molar-refractivity contribution in [2.24, 2.45) is 0 Å². The van der Waals surface area contributed by atoms with Crippen LogP contribution in [-0.2, 0) is 32.7 Å². The van der Waals surface area contributed by atoms with Gasteiger partial charge in [0.25, 0.3) is 0 Å². The van der Waals surface area contributed by atoms with E-state index < -0.39 is 75.7 Å². The van der Waals surface area contributed by atoms with Gasteiger partial charge in [0.15, 0.2) is 6.10 Å². The summed E-state index contributed by atoms with van der Waals surface area (Å²) in [6, 6.07) is 0. The van der Waals surface area contributed by atoms with Gasteiger partial charge in [-0.2, -0.15) is 0 Å². The minimum absolute atomic E-state index is 0.0693. The number of esters is 2. The van der Waals surface area contributed by atoms with E-state index in [2.05, 4.69) is 86.8 Å². The summed E-state index contributed by atoms with van der Waals surface area (Å²) in [5.41, 5.74) is 0. The molecule has 1 rings (SSSR count). The van der Waals surface area contributed by atoms with Crippen LogP contribution < -0.4 is 0 Å². The van der Waals surface area contributed by atoms with Crippen molar-refractivity contribution >= 4 is 19.8 Å². The number of hydrogen-bond acceptors (Lipinski definition) is 12. The lowest BCUT2D eigenvalue weighted by molar-refractivity contribution is -0.220. The summed E-state index contributed by atoms with van der Waals surface area (Å²) >= 11 is 0. The van der Waals surface area contributed by atoms with Gasteiger partial charge in [0.1, 0.15) is 43.2 Å². The fraction of sp³-hybridized carbons (Fsp3) is 0.696. The number of aliphatic hydroxyl groups is 5. The number of carbonyl (C=O) groups excluding carboxylic acids is 2. The molecule has 8 atom stereocenters. The third-order valence-corrected chi connectivity index (χ3v) is 10.7. The number of phosphoric acid groups is 1.